The van der Waals surface area contributed by atoms with Gasteiger partial charge in [-0.05, 0) is 38.3 Å². The molecular formula is C14H18N2O4. The first kappa shape index (κ1) is 14.3. The van der Waals surface area contributed by atoms with E-state index < -0.39 is 16.3 Å². The molecule has 1 atom stereocenters. The highest BCUT2D eigenvalue weighted by Gasteiger charge is 2.38. The van der Waals surface area contributed by atoms with Gasteiger partial charge in [-0.25, -0.2) is 0 Å². The third-order valence-corrected chi connectivity index (χ3v) is 3.84. The summed E-state index contributed by atoms with van der Waals surface area (Å²) >= 11 is 0. The predicted octanol–water partition coefficient (Wildman–Crippen LogP) is 2.59. The number of nitrogens with zero attached hydrogens (tertiary/aromatic N) is 2. The molecule has 1 N–H and O–H groups in total. The molecule has 20 heavy (non-hydrogen) atoms. The summed E-state index contributed by atoms with van der Waals surface area (Å²) < 4.78 is 0. The highest BCUT2D eigenvalue weighted by atomic mass is 16.6. The number of rotatable bonds is 3. The summed E-state index contributed by atoms with van der Waals surface area (Å²) in [7, 11) is 0. The Labute approximate surface area is 117 Å². The van der Waals surface area contributed by atoms with E-state index in [1.54, 1.807) is 13.8 Å². The molecule has 2 rings (SSSR count). The number of carboxylic acid groups (broad SMARTS) is 1. The normalized spacial score (nSPS) is 22.6. The topological polar surface area (TPSA) is 83.7 Å². The van der Waals surface area contributed by atoms with E-state index in [1.165, 1.54) is 12.1 Å². The summed E-state index contributed by atoms with van der Waals surface area (Å²) in [6.45, 7) is 4.63. The van der Waals surface area contributed by atoms with Crippen LogP contribution in [0.1, 0.15) is 25.3 Å². The first-order chi connectivity index (χ1) is 9.32. The molecule has 108 valence electrons. The summed E-state index contributed by atoms with van der Waals surface area (Å²) in [4.78, 5) is 23.8. The zero-order valence-corrected chi connectivity index (χ0v) is 11.6. The zero-order chi connectivity index (χ0) is 14.9. The minimum atomic E-state index is -0.815. The van der Waals surface area contributed by atoms with Gasteiger partial charge in [-0.3, -0.25) is 14.9 Å². The van der Waals surface area contributed by atoms with Gasteiger partial charge in [0.05, 0.1) is 10.3 Å². The average Bonchev–Trinajstić information content (AvgIpc) is 2.38. The van der Waals surface area contributed by atoms with Crippen molar-refractivity contribution in [1.29, 1.82) is 0 Å². The Kier molecular flexibility index (Phi) is 3.65. The van der Waals surface area contributed by atoms with E-state index in [4.69, 9.17) is 0 Å². The summed E-state index contributed by atoms with van der Waals surface area (Å²) in [5, 5.41) is 20.2. The Morgan fingerprint density at radius 1 is 1.45 bits per heavy atom. The van der Waals surface area contributed by atoms with Crippen LogP contribution in [0.25, 0.3) is 0 Å². The number of hydrogen-bond acceptors (Lipinski definition) is 4. The molecular weight excluding hydrogens is 260 g/mol. The number of benzene rings is 1. The van der Waals surface area contributed by atoms with Gasteiger partial charge in [0.15, 0.2) is 0 Å². The van der Waals surface area contributed by atoms with Crippen molar-refractivity contribution in [3.05, 3.63) is 33.9 Å². The van der Waals surface area contributed by atoms with E-state index in [0.29, 0.717) is 13.0 Å². The lowest BCUT2D eigenvalue weighted by Crippen LogP contribution is -2.46. The van der Waals surface area contributed by atoms with Gasteiger partial charge in [0.1, 0.15) is 0 Å². The molecule has 1 aliphatic heterocycles. The van der Waals surface area contributed by atoms with Crippen LogP contribution in [-0.4, -0.2) is 29.1 Å². The second-order valence-corrected chi connectivity index (χ2v) is 5.67. The molecule has 0 bridgehead atoms. The number of anilines is 1. The van der Waals surface area contributed by atoms with Gasteiger partial charge in [0, 0.05) is 30.9 Å². The highest BCUT2D eigenvalue weighted by Crippen LogP contribution is 2.34. The van der Waals surface area contributed by atoms with E-state index in [-0.39, 0.29) is 5.69 Å². The smallest absolute Gasteiger partial charge is 0.311 e. The van der Waals surface area contributed by atoms with Crippen LogP contribution in [0.4, 0.5) is 11.4 Å². The lowest BCUT2D eigenvalue weighted by atomic mass is 9.82. The first-order valence-corrected chi connectivity index (χ1v) is 6.56. The second kappa shape index (κ2) is 5.11. The molecule has 0 spiro atoms. The van der Waals surface area contributed by atoms with Gasteiger partial charge in [0.25, 0.3) is 5.69 Å². The van der Waals surface area contributed by atoms with E-state index in [1.807, 2.05) is 11.0 Å². The molecule has 1 saturated heterocycles. The van der Waals surface area contributed by atoms with Crippen molar-refractivity contribution in [2.45, 2.75) is 26.7 Å². The minimum absolute atomic E-state index is 0.0441. The number of aliphatic carboxylic acids is 1. The quantitative estimate of drug-likeness (QED) is 0.678. The van der Waals surface area contributed by atoms with Crippen LogP contribution in [0, 0.1) is 22.5 Å². The highest BCUT2D eigenvalue weighted by molar-refractivity contribution is 5.75. The Bertz CT molecular complexity index is 558. The van der Waals surface area contributed by atoms with Crippen molar-refractivity contribution in [3.8, 4) is 0 Å². The molecule has 0 saturated carbocycles. The lowest BCUT2D eigenvalue weighted by Gasteiger charge is -2.38. The van der Waals surface area contributed by atoms with Gasteiger partial charge in [-0.15, -0.1) is 0 Å². The van der Waals surface area contributed by atoms with Crippen molar-refractivity contribution in [3.63, 3.8) is 0 Å². The maximum atomic E-state index is 11.4. The maximum Gasteiger partial charge on any atom is 0.311 e. The van der Waals surface area contributed by atoms with E-state index in [0.717, 1.165) is 24.2 Å². The summed E-state index contributed by atoms with van der Waals surface area (Å²) in [6, 6.07) is 4.89. The third kappa shape index (κ3) is 2.74. The largest absolute Gasteiger partial charge is 0.481 e. The number of carboxylic acids is 1. The Hall–Kier alpha value is -2.11. The number of carbonyl (C=O) groups is 1. The number of non-ortho nitro benzene ring substituents is 1. The number of aryl methyl sites for hydroxylation is 1. The fourth-order valence-corrected chi connectivity index (χ4v) is 2.67. The number of hydrogen-bond donors (Lipinski definition) is 1. The third-order valence-electron chi connectivity index (χ3n) is 3.84. The maximum absolute atomic E-state index is 11.4. The predicted molar refractivity (Wildman–Crippen MR) is 75.0 cm³/mol. The fourth-order valence-electron chi connectivity index (χ4n) is 2.67. The number of nitro benzene ring substituents is 1. The van der Waals surface area contributed by atoms with Crippen LogP contribution in [0.2, 0.25) is 0 Å². The van der Waals surface area contributed by atoms with E-state index >= 15 is 0 Å². The van der Waals surface area contributed by atoms with Gasteiger partial charge in [-0.2, -0.15) is 0 Å². The zero-order valence-electron chi connectivity index (χ0n) is 11.6. The van der Waals surface area contributed by atoms with Crippen LogP contribution in [-0.2, 0) is 4.79 Å². The molecule has 6 heteroatoms. The van der Waals surface area contributed by atoms with Crippen molar-refractivity contribution >= 4 is 17.3 Å². The van der Waals surface area contributed by atoms with Gasteiger partial charge >= 0.3 is 5.97 Å². The number of piperidine rings is 1. The standard InChI is InChI=1S/C14H18N2O4/c1-10-6-11(8-12(7-10)16(19)20)15-5-3-4-14(2,9-15)13(17)18/h6-8H,3-5,9H2,1-2H3,(H,17,18). The molecule has 1 aromatic rings. The SMILES string of the molecule is Cc1cc(N2CCCC(C)(C(=O)O)C2)cc([N+](=O)[O-])c1. The molecule has 1 fully saturated rings. The van der Waals surface area contributed by atoms with Crippen molar-refractivity contribution in [2.24, 2.45) is 5.41 Å². The van der Waals surface area contributed by atoms with Crippen molar-refractivity contribution < 1.29 is 14.8 Å². The lowest BCUT2D eigenvalue weighted by molar-refractivity contribution is -0.384. The molecule has 6 nitrogen and oxygen atoms in total. The second-order valence-electron chi connectivity index (χ2n) is 5.67. The van der Waals surface area contributed by atoms with Gasteiger partial charge in [0.2, 0.25) is 0 Å². The molecule has 0 aromatic heterocycles. The molecule has 1 aromatic carbocycles. The first-order valence-electron chi connectivity index (χ1n) is 6.56. The summed E-state index contributed by atoms with van der Waals surface area (Å²) in [5.41, 5.74) is 0.778. The molecule has 1 unspecified atom stereocenters. The van der Waals surface area contributed by atoms with Crippen molar-refractivity contribution in [2.75, 3.05) is 18.0 Å². The van der Waals surface area contributed by atoms with E-state index in [2.05, 4.69) is 0 Å². The van der Waals surface area contributed by atoms with Gasteiger partial charge in [-0.1, -0.05) is 0 Å². The Balaban J connectivity index is 2.32. The summed E-state index contributed by atoms with van der Waals surface area (Å²) in [6.07, 6.45) is 1.40. The van der Waals surface area contributed by atoms with E-state index in [9.17, 15) is 20.0 Å². The Morgan fingerprint density at radius 2 is 2.15 bits per heavy atom. The average molecular weight is 278 g/mol. The van der Waals surface area contributed by atoms with Gasteiger partial charge < -0.3 is 10.0 Å². The number of nitro groups is 1. The fraction of sp³-hybridized carbons (Fsp3) is 0.500. The van der Waals surface area contributed by atoms with Crippen LogP contribution >= 0.6 is 0 Å². The van der Waals surface area contributed by atoms with Crippen LogP contribution in [0.5, 0.6) is 0 Å². The minimum Gasteiger partial charge on any atom is -0.481 e. The van der Waals surface area contributed by atoms with Crippen LogP contribution in [0.3, 0.4) is 0 Å². The Morgan fingerprint density at radius 3 is 2.75 bits per heavy atom. The van der Waals surface area contributed by atoms with Crippen LogP contribution < -0.4 is 4.90 Å². The molecule has 1 aliphatic rings. The van der Waals surface area contributed by atoms with Crippen molar-refractivity contribution in [1.82, 2.24) is 0 Å². The van der Waals surface area contributed by atoms with Crippen LogP contribution in [0.15, 0.2) is 18.2 Å². The molecule has 1 heterocycles. The molecule has 0 radical (unpaired) electrons. The molecule has 0 aliphatic carbocycles. The monoisotopic (exact) mass is 278 g/mol. The summed E-state index contributed by atoms with van der Waals surface area (Å²) in [5.74, 6) is -0.815. The molecule has 0 amide bonds.